The Morgan fingerprint density at radius 1 is 1.11 bits per heavy atom. The number of carbonyl (C=O) groups is 1. The number of aryl methyl sites for hydroxylation is 2. The Labute approximate surface area is 113 Å². The summed E-state index contributed by atoms with van der Waals surface area (Å²) in [5.74, 6) is 0.0525. The normalized spacial score (nSPS) is 10.3. The third-order valence-corrected chi connectivity index (χ3v) is 3.21. The van der Waals surface area contributed by atoms with Crippen molar-refractivity contribution in [3.05, 3.63) is 53.1 Å². The summed E-state index contributed by atoms with van der Waals surface area (Å²) in [5.41, 5.74) is 11.5. The van der Waals surface area contributed by atoms with Crippen LogP contribution in [0.25, 0.3) is 0 Å². The van der Waals surface area contributed by atoms with E-state index in [2.05, 4.69) is 5.32 Å². The van der Waals surface area contributed by atoms with Gasteiger partial charge >= 0.3 is 0 Å². The van der Waals surface area contributed by atoms with Gasteiger partial charge in [0.2, 0.25) is 0 Å². The monoisotopic (exact) mass is 254 g/mol. The van der Waals surface area contributed by atoms with E-state index < -0.39 is 0 Å². The van der Waals surface area contributed by atoms with Gasteiger partial charge in [-0.2, -0.15) is 0 Å². The van der Waals surface area contributed by atoms with Crippen LogP contribution in [0.2, 0.25) is 0 Å². The molecule has 0 aromatic heterocycles. The largest absolute Gasteiger partial charge is 0.397 e. The molecule has 3 nitrogen and oxygen atoms in total. The van der Waals surface area contributed by atoms with Crippen molar-refractivity contribution < 1.29 is 4.79 Å². The number of carbonyl (C=O) groups excluding carboxylic acids is 1. The molecule has 0 unspecified atom stereocenters. The molecule has 0 bridgehead atoms. The molecule has 0 atom stereocenters. The highest BCUT2D eigenvalue weighted by atomic mass is 16.1. The van der Waals surface area contributed by atoms with Crippen molar-refractivity contribution >= 4 is 22.8 Å². The molecular formula is C16H18N2O. The Morgan fingerprint density at radius 3 is 2.47 bits per heavy atom. The van der Waals surface area contributed by atoms with Gasteiger partial charge in [-0.05, 0) is 56.2 Å². The van der Waals surface area contributed by atoms with Gasteiger partial charge in [0.05, 0.1) is 11.4 Å². The van der Waals surface area contributed by atoms with Gasteiger partial charge in [-0.1, -0.05) is 12.1 Å². The lowest BCUT2D eigenvalue weighted by Gasteiger charge is -2.12. The first kappa shape index (κ1) is 13.1. The summed E-state index contributed by atoms with van der Waals surface area (Å²) in [6.07, 6.45) is 0. The first-order chi connectivity index (χ1) is 8.97. The zero-order valence-electron chi connectivity index (χ0n) is 11.4. The Morgan fingerprint density at radius 2 is 1.79 bits per heavy atom. The van der Waals surface area contributed by atoms with Crippen molar-refractivity contribution in [2.75, 3.05) is 11.1 Å². The lowest BCUT2D eigenvalue weighted by Crippen LogP contribution is -1.99. The molecule has 0 aliphatic carbocycles. The second-order valence-corrected chi connectivity index (χ2v) is 4.79. The van der Waals surface area contributed by atoms with E-state index in [4.69, 9.17) is 5.73 Å². The highest BCUT2D eigenvalue weighted by Gasteiger charge is 2.05. The van der Waals surface area contributed by atoms with E-state index in [0.29, 0.717) is 11.3 Å². The van der Waals surface area contributed by atoms with E-state index in [1.54, 1.807) is 13.0 Å². The molecule has 2 aromatic carbocycles. The summed E-state index contributed by atoms with van der Waals surface area (Å²) in [7, 11) is 0. The zero-order valence-corrected chi connectivity index (χ0v) is 11.4. The van der Waals surface area contributed by atoms with Gasteiger partial charge in [0.1, 0.15) is 0 Å². The minimum absolute atomic E-state index is 0.0525. The van der Waals surface area contributed by atoms with Gasteiger partial charge < -0.3 is 11.1 Å². The second-order valence-electron chi connectivity index (χ2n) is 4.79. The molecule has 0 heterocycles. The maximum Gasteiger partial charge on any atom is 0.159 e. The Bertz CT molecular complexity index is 633. The smallest absolute Gasteiger partial charge is 0.159 e. The van der Waals surface area contributed by atoms with E-state index >= 15 is 0 Å². The molecule has 3 heteroatoms. The number of Topliss-reactive ketones (excluding diaryl/α,β-unsaturated/α-hetero) is 1. The number of nitrogen functional groups attached to an aromatic ring is 1. The van der Waals surface area contributed by atoms with Crippen LogP contribution in [0, 0.1) is 13.8 Å². The van der Waals surface area contributed by atoms with Crippen molar-refractivity contribution in [3.8, 4) is 0 Å². The number of benzene rings is 2. The SMILES string of the molecule is CC(=O)c1cccc(Nc2cc(C)c(C)cc2N)c1. The van der Waals surface area contributed by atoms with Crippen LogP contribution in [0.1, 0.15) is 28.4 Å². The van der Waals surface area contributed by atoms with E-state index in [-0.39, 0.29) is 5.78 Å². The number of ketones is 1. The molecule has 0 aliphatic rings. The first-order valence-corrected chi connectivity index (χ1v) is 6.22. The fraction of sp³-hybridized carbons (Fsp3) is 0.188. The summed E-state index contributed by atoms with van der Waals surface area (Å²) in [6.45, 7) is 5.64. The van der Waals surface area contributed by atoms with Gasteiger partial charge in [-0.3, -0.25) is 4.79 Å². The van der Waals surface area contributed by atoms with E-state index in [0.717, 1.165) is 11.4 Å². The van der Waals surface area contributed by atoms with Crippen LogP contribution in [-0.2, 0) is 0 Å². The van der Waals surface area contributed by atoms with Crippen LogP contribution in [-0.4, -0.2) is 5.78 Å². The molecule has 98 valence electrons. The van der Waals surface area contributed by atoms with Crippen molar-refractivity contribution in [1.82, 2.24) is 0 Å². The number of nitrogens with two attached hydrogens (primary N) is 1. The van der Waals surface area contributed by atoms with Gasteiger partial charge in [-0.15, -0.1) is 0 Å². The topological polar surface area (TPSA) is 55.1 Å². The number of rotatable bonds is 3. The predicted molar refractivity (Wildman–Crippen MR) is 80.1 cm³/mol. The van der Waals surface area contributed by atoms with Crippen molar-refractivity contribution in [1.29, 1.82) is 0 Å². The summed E-state index contributed by atoms with van der Waals surface area (Å²) in [4.78, 5) is 11.4. The second kappa shape index (κ2) is 5.14. The average molecular weight is 254 g/mol. The molecule has 0 saturated heterocycles. The molecule has 2 rings (SSSR count). The molecule has 0 saturated carbocycles. The molecule has 2 aromatic rings. The van der Waals surface area contributed by atoms with Gasteiger partial charge in [0.25, 0.3) is 0 Å². The van der Waals surface area contributed by atoms with Crippen molar-refractivity contribution in [3.63, 3.8) is 0 Å². The van der Waals surface area contributed by atoms with E-state index in [1.165, 1.54) is 11.1 Å². The van der Waals surface area contributed by atoms with Crippen LogP contribution < -0.4 is 11.1 Å². The van der Waals surface area contributed by atoms with Crippen molar-refractivity contribution in [2.24, 2.45) is 0 Å². The lowest BCUT2D eigenvalue weighted by atomic mass is 10.1. The summed E-state index contributed by atoms with van der Waals surface area (Å²) in [6, 6.07) is 11.4. The lowest BCUT2D eigenvalue weighted by molar-refractivity contribution is 0.101. The summed E-state index contributed by atoms with van der Waals surface area (Å²) < 4.78 is 0. The highest BCUT2D eigenvalue weighted by molar-refractivity contribution is 5.95. The molecule has 19 heavy (non-hydrogen) atoms. The van der Waals surface area contributed by atoms with E-state index in [1.807, 2.05) is 44.2 Å². The highest BCUT2D eigenvalue weighted by Crippen LogP contribution is 2.26. The third-order valence-electron chi connectivity index (χ3n) is 3.21. The molecule has 0 radical (unpaired) electrons. The predicted octanol–water partition coefficient (Wildman–Crippen LogP) is 3.83. The zero-order chi connectivity index (χ0) is 14.0. The Hall–Kier alpha value is -2.29. The first-order valence-electron chi connectivity index (χ1n) is 6.22. The number of hydrogen-bond acceptors (Lipinski definition) is 3. The maximum absolute atomic E-state index is 11.4. The maximum atomic E-state index is 11.4. The fourth-order valence-corrected chi connectivity index (χ4v) is 1.92. The molecule has 0 fully saturated rings. The Balaban J connectivity index is 2.33. The summed E-state index contributed by atoms with van der Waals surface area (Å²) in [5, 5.41) is 3.26. The van der Waals surface area contributed by atoms with Crippen LogP contribution in [0.15, 0.2) is 36.4 Å². The third kappa shape index (κ3) is 2.94. The minimum atomic E-state index is 0.0525. The van der Waals surface area contributed by atoms with Crippen LogP contribution in [0.5, 0.6) is 0 Å². The fourth-order valence-electron chi connectivity index (χ4n) is 1.92. The van der Waals surface area contributed by atoms with Crippen LogP contribution >= 0.6 is 0 Å². The van der Waals surface area contributed by atoms with Crippen LogP contribution in [0.4, 0.5) is 17.1 Å². The van der Waals surface area contributed by atoms with Gasteiger partial charge in [-0.25, -0.2) is 0 Å². The van der Waals surface area contributed by atoms with Crippen LogP contribution in [0.3, 0.4) is 0 Å². The molecule has 0 spiro atoms. The van der Waals surface area contributed by atoms with Gasteiger partial charge in [0, 0.05) is 11.3 Å². The molecule has 0 aliphatic heterocycles. The number of nitrogens with one attached hydrogen (secondary N) is 1. The standard InChI is InChI=1S/C16H18N2O/c1-10-7-15(17)16(8-11(10)2)18-14-6-4-5-13(9-14)12(3)19/h4-9,18H,17H2,1-3H3. The number of anilines is 3. The number of hydrogen-bond donors (Lipinski definition) is 2. The van der Waals surface area contributed by atoms with Gasteiger partial charge in [0.15, 0.2) is 5.78 Å². The quantitative estimate of drug-likeness (QED) is 0.646. The van der Waals surface area contributed by atoms with Crippen molar-refractivity contribution in [2.45, 2.75) is 20.8 Å². The molecule has 0 amide bonds. The minimum Gasteiger partial charge on any atom is -0.397 e. The Kier molecular flexibility index (Phi) is 3.56. The average Bonchev–Trinajstić information content (AvgIpc) is 2.36. The molecular weight excluding hydrogens is 236 g/mol. The summed E-state index contributed by atoms with van der Waals surface area (Å²) >= 11 is 0. The molecule has 3 N–H and O–H groups in total. The van der Waals surface area contributed by atoms with E-state index in [9.17, 15) is 4.79 Å².